The van der Waals surface area contributed by atoms with Crippen molar-refractivity contribution in [2.45, 2.75) is 74.3 Å². The van der Waals surface area contributed by atoms with E-state index in [2.05, 4.69) is 20.7 Å². The zero-order valence-electron chi connectivity index (χ0n) is 1.93. The van der Waals surface area contributed by atoms with Gasteiger partial charge in [-0.2, -0.15) is 0 Å². The van der Waals surface area contributed by atoms with Crippen molar-refractivity contribution in [2.24, 2.45) is 0 Å². The van der Waals surface area contributed by atoms with Crippen molar-refractivity contribution >= 4 is 35.7 Å². The van der Waals surface area contributed by atoms with Gasteiger partial charge in [0.2, 0.25) is 0 Å². The zero-order chi connectivity index (χ0) is 3.41. The van der Waals surface area contributed by atoms with Gasteiger partial charge in [-0.25, -0.2) is 0 Å². The number of hydrogen-bond donors (Lipinski definition) is 0. The molecule has 0 bridgehead atoms. The minimum absolute atomic E-state index is 0. The summed E-state index contributed by atoms with van der Waals surface area (Å²) in [5.41, 5.74) is 0. The molecule has 0 N–H and O–H groups in total. The van der Waals surface area contributed by atoms with Gasteiger partial charge in [-0.3, -0.25) is 0 Å². The molecule has 0 aliphatic carbocycles. The molecular formula is C10H43P3S. The van der Waals surface area contributed by atoms with Crippen molar-refractivity contribution in [1.82, 2.24) is 0 Å². The molecule has 4 heteroatoms. The van der Waals surface area contributed by atoms with Crippen molar-refractivity contribution < 1.29 is 0 Å². The lowest BCUT2D eigenvalue weighted by atomic mass is 12.0. The summed E-state index contributed by atoms with van der Waals surface area (Å²) in [4.78, 5) is 0. The normalized spacial score (nSPS) is 3.21. The maximum absolute atomic E-state index is 4.52. The molecule has 0 saturated carbocycles. The Balaban J connectivity index is -0.000000001000. The molecule has 0 nitrogen and oxygen atoms in total. The van der Waals surface area contributed by atoms with E-state index in [1.807, 2.05) is 0 Å². The summed E-state index contributed by atoms with van der Waals surface area (Å²) in [6.45, 7) is 0. The smallest absolute Gasteiger partial charge is 0.00209 e. The molecule has 0 spiro atoms. The predicted octanol–water partition coefficient (Wildman–Crippen LogP) is 8.14. The van der Waals surface area contributed by atoms with Gasteiger partial charge in [-0.15, -0.1) is 8.93 Å². The maximum atomic E-state index is 4.52. The van der Waals surface area contributed by atoms with Crippen LogP contribution in [0.2, 0.25) is 0 Å². The average Bonchev–Trinajstić information content (AvgIpc) is 1.37. The zero-order valence-corrected chi connectivity index (χ0v) is 5.80. The van der Waals surface area contributed by atoms with Gasteiger partial charge in [0, 0.05) is 7.04 Å². The fraction of sp³-hybridized carbons (Fsp3) is 1.00. The van der Waals surface area contributed by atoms with Gasteiger partial charge >= 0.3 is 0 Å². The predicted molar refractivity (Wildman–Crippen MR) is 99.6 cm³/mol. The Hall–Kier alpha value is 1.38. The van der Waals surface area contributed by atoms with Crippen LogP contribution in [0.5, 0.6) is 0 Å². The maximum Gasteiger partial charge on any atom is 0.00209 e. The molecule has 0 aliphatic rings. The summed E-state index contributed by atoms with van der Waals surface area (Å²) in [5.74, 6) is 0. The molecule has 0 fully saturated rings. The number of hydrogen-bond acceptors (Lipinski definition) is 1. The first-order chi connectivity index (χ1) is 1.91. The largest absolute Gasteiger partial charge is 0.105 e. The first kappa shape index (κ1) is 166. The molecule has 2 atom stereocenters. The summed E-state index contributed by atoms with van der Waals surface area (Å²) in [7, 11) is 4.48. The molecule has 0 radical (unpaired) electrons. The van der Waals surface area contributed by atoms with Gasteiger partial charge in [-0.05, 0) is 7.96 Å². The third kappa shape index (κ3) is 362. The summed E-state index contributed by atoms with van der Waals surface area (Å²) >= 11 is 4.52. The van der Waals surface area contributed by atoms with Crippen molar-refractivity contribution in [3.63, 3.8) is 0 Å². The molecule has 0 saturated heterocycles. The minimum Gasteiger partial charge on any atom is -0.105 e. The molecule has 2 unspecified atom stereocenters. The summed E-state index contributed by atoms with van der Waals surface area (Å²) in [6.07, 6.45) is 0. The Labute approximate surface area is 110 Å². The van der Waals surface area contributed by atoms with E-state index in [-0.39, 0.29) is 74.3 Å². The SMILES string of the molecule is C.C.C.C.C.C.C.C.C.C.PPP=S. The lowest BCUT2D eigenvalue weighted by Crippen LogP contribution is -0.770. The van der Waals surface area contributed by atoms with Crippen molar-refractivity contribution in [3.05, 3.63) is 0 Å². The molecule has 14 heavy (non-hydrogen) atoms. The van der Waals surface area contributed by atoms with E-state index in [4.69, 9.17) is 0 Å². The second-order valence-corrected chi connectivity index (χ2v) is 5.95. The van der Waals surface area contributed by atoms with E-state index in [0.717, 1.165) is 15.0 Å². The van der Waals surface area contributed by atoms with Gasteiger partial charge in [-0.1, -0.05) is 86.1 Å². The van der Waals surface area contributed by atoms with Gasteiger partial charge in [0.25, 0.3) is 0 Å². The highest BCUT2D eigenvalue weighted by molar-refractivity contribution is 8.47. The Morgan fingerprint density at radius 1 is 0.643 bits per heavy atom. The standard InChI is InChI=1S/10CH4.H3P3S/c;;;;;;;;;;1-2-3-4/h10*1H4;2H,1H2. The van der Waals surface area contributed by atoms with Crippen LogP contribution in [0.25, 0.3) is 0 Å². The summed E-state index contributed by atoms with van der Waals surface area (Å²) in [6, 6.07) is 0. The molecule has 0 aromatic rings. The topological polar surface area (TPSA) is 0 Å². The second-order valence-electron chi connectivity index (χ2n) is 0.220. The highest BCUT2D eigenvalue weighted by atomic mass is 32.7. The van der Waals surface area contributed by atoms with Crippen LogP contribution in [-0.4, -0.2) is 0 Å². The molecule has 104 valence electrons. The second kappa shape index (κ2) is 225. The van der Waals surface area contributed by atoms with E-state index in [1.165, 1.54) is 0 Å². The molecule has 0 rings (SSSR count). The van der Waals surface area contributed by atoms with E-state index >= 15 is 0 Å². The minimum atomic E-state index is 0. The fourth-order valence-corrected chi connectivity index (χ4v) is 0. The molecule has 0 aromatic heterocycles. The first-order valence-corrected chi connectivity index (χ1v) is 6.25. The van der Waals surface area contributed by atoms with Crippen molar-refractivity contribution in [2.75, 3.05) is 0 Å². The highest BCUT2D eigenvalue weighted by Crippen LogP contribution is 2.34. The van der Waals surface area contributed by atoms with Gasteiger partial charge in [0.15, 0.2) is 0 Å². The molecule has 0 heterocycles. The molecule has 0 amide bonds. The third-order valence-electron chi connectivity index (χ3n) is 0.0527. The monoisotopic (exact) mass is 288 g/mol. The summed E-state index contributed by atoms with van der Waals surface area (Å²) in [5, 5.41) is 0. The van der Waals surface area contributed by atoms with Crippen LogP contribution in [0.4, 0.5) is 0 Å². The van der Waals surface area contributed by atoms with Crippen LogP contribution < -0.4 is 0 Å². The Bertz CT molecular complexity index is 29.3. The fourth-order valence-electron chi connectivity index (χ4n) is 0. The molecular weight excluding hydrogens is 245 g/mol. The van der Waals surface area contributed by atoms with Crippen LogP contribution >= 0.6 is 23.9 Å². The van der Waals surface area contributed by atoms with Crippen molar-refractivity contribution in [3.8, 4) is 0 Å². The Morgan fingerprint density at radius 2 is 0.714 bits per heavy atom. The Morgan fingerprint density at radius 3 is 0.714 bits per heavy atom. The summed E-state index contributed by atoms with van der Waals surface area (Å²) < 4.78 is 0. The Kier molecular flexibility index (Phi) is 2670. The van der Waals surface area contributed by atoms with E-state index in [0.29, 0.717) is 0 Å². The van der Waals surface area contributed by atoms with Crippen LogP contribution in [0.1, 0.15) is 74.3 Å². The van der Waals surface area contributed by atoms with Crippen LogP contribution in [0, 0.1) is 0 Å². The van der Waals surface area contributed by atoms with Crippen molar-refractivity contribution in [1.29, 1.82) is 0 Å². The molecule has 0 aromatic carbocycles. The average molecular weight is 288 g/mol. The molecule has 0 aliphatic heterocycles. The van der Waals surface area contributed by atoms with Crippen LogP contribution in [-0.2, 0) is 11.8 Å². The lowest BCUT2D eigenvalue weighted by molar-refractivity contribution is 2.50. The van der Waals surface area contributed by atoms with Gasteiger partial charge in [0.05, 0.1) is 0 Å². The van der Waals surface area contributed by atoms with E-state index < -0.39 is 0 Å². The third-order valence-corrected chi connectivity index (χ3v) is 4.27. The highest BCUT2D eigenvalue weighted by Gasteiger charge is 1.47. The van der Waals surface area contributed by atoms with Crippen LogP contribution in [0.15, 0.2) is 0 Å². The number of rotatable bonds is 1. The lowest BCUT2D eigenvalue weighted by Gasteiger charge is -1.55. The van der Waals surface area contributed by atoms with Gasteiger partial charge in [0.1, 0.15) is 0 Å². The van der Waals surface area contributed by atoms with Crippen LogP contribution in [0.3, 0.4) is 0 Å². The van der Waals surface area contributed by atoms with E-state index in [1.54, 1.807) is 0 Å². The van der Waals surface area contributed by atoms with E-state index in [9.17, 15) is 0 Å². The first-order valence-electron chi connectivity index (χ1n) is 0.695. The quantitative estimate of drug-likeness (QED) is 0.439. The van der Waals surface area contributed by atoms with Gasteiger partial charge < -0.3 is 0 Å².